The summed E-state index contributed by atoms with van der Waals surface area (Å²) in [5, 5.41) is 0. The van der Waals surface area contributed by atoms with E-state index in [4.69, 9.17) is 10.5 Å². The smallest absolute Gasteiger partial charge is 0.226 e. The fraction of sp³-hybridized carbons (Fsp3) is 0.500. The van der Waals surface area contributed by atoms with Gasteiger partial charge >= 0.3 is 0 Å². The third-order valence-electron chi connectivity index (χ3n) is 6.58. The summed E-state index contributed by atoms with van der Waals surface area (Å²) >= 11 is 0. The van der Waals surface area contributed by atoms with Crippen LogP contribution in [0.25, 0.3) is 0 Å². The fourth-order valence-corrected chi connectivity index (χ4v) is 4.22. The molecule has 0 saturated carbocycles. The minimum atomic E-state index is -0.373. The molecule has 2 N–H and O–H groups in total. The van der Waals surface area contributed by atoms with Gasteiger partial charge in [-0.15, -0.1) is 0 Å². The molecule has 3 rings (SSSR count). The number of aromatic nitrogens is 1. The number of carbonyl (C=O) groups excluding carboxylic acids is 2. The second-order valence-corrected chi connectivity index (χ2v) is 9.78. The average Bonchev–Trinajstić information content (AvgIpc) is 2.87. The highest BCUT2D eigenvalue weighted by atomic mass is 16.5. The number of anilines is 1. The molecule has 1 fully saturated rings. The zero-order valence-corrected chi connectivity index (χ0v) is 21.2. The second-order valence-electron chi connectivity index (χ2n) is 9.78. The molecule has 1 aromatic heterocycles. The molecule has 1 aliphatic heterocycles. The molecule has 189 valence electrons. The maximum absolute atomic E-state index is 12.6. The van der Waals surface area contributed by atoms with Crippen molar-refractivity contribution in [2.24, 2.45) is 17.6 Å². The van der Waals surface area contributed by atoms with Crippen LogP contribution in [-0.4, -0.2) is 47.4 Å². The fourth-order valence-electron chi connectivity index (χ4n) is 4.22. The molecular formula is C28H39N4O3. The van der Waals surface area contributed by atoms with Crippen molar-refractivity contribution < 1.29 is 14.3 Å². The number of amides is 2. The average molecular weight is 480 g/mol. The van der Waals surface area contributed by atoms with Crippen molar-refractivity contribution in [2.45, 2.75) is 59.1 Å². The van der Waals surface area contributed by atoms with E-state index in [0.29, 0.717) is 38.1 Å². The first-order valence-corrected chi connectivity index (χ1v) is 12.6. The van der Waals surface area contributed by atoms with E-state index in [1.54, 1.807) is 19.5 Å². The lowest BCUT2D eigenvalue weighted by atomic mass is 9.99. The summed E-state index contributed by atoms with van der Waals surface area (Å²) in [5.74, 6) is 0.742. The van der Waals surface area contributed by atoms with E-state index in [-0.39, 0.29) is 17.7 Å². The Morgan fingerprint density at radius 2 is 1.86 bits per heavy atom. The number of benzene rings is 1. The number of hydrogen-bond acceptors (Lipinski definition) is 5. The number of likely N-dealkylation sites (tertiary alicyclic amines) is 1. The number of ether oxygens (including phenoxy) is 1. The monoisotopic (exact) mass is 479 g/mol. The van der Waals surface area contributed by atoms with Gasteiger partial charge in [0.05, 0.1) is 12.1 Å². The summed E-state index contributed by atoms with van der Waals surface area (Å²) < 4.78 is 5.91. The van der Waals surface area contributed by atoms with E-state index in [1.807, 2.05) is 35.2 Å². The summed E-state index contributed by atoms with van der Waals surface area (Å²) in [5.41, 5.74) is 7.39. The summed E-state index contributed by atoms with van der Waals surface area (Å²) in [6, 6.07) is 14.5. The van der Waals surface area contributed by atoms with Gasteiger partial charge < -0.3 is 20.3 Å². The van der Waals surface area contributed by atoms with Gasteiger partial charge in [0.2, 0.25) is 11.8 Å². The van der Waals surface area contributed by atoms with Crippen LogP contribution in [0.5, 0.6) is 5.75 Å². The number of primary amides is 1. The molecule has 1 atom stereocenters. The summed E-state index contributed by atoms with van der Waals surface area (Å²) in [6.45, 7) is 9.10. The molecule has 1 radical (unpaired) electrons. The highest BCUT2D eigenvalue weighted by Gasteiger charge is 2.27. The summed E-state index contributed by atoms with van der Waals surface area (Å²) in [7, 11) is 0. The Bertz CT molecular complexity index is 925. The first-order chi connectivity index (χ1) is 16.8. The standard InChI is InChI=1S/C28H39N4O3/c1-21(2)13-19-32(24-8-10-26(11-9-24)35-20-23-6-4-5-16-30-23)25-14-17-31(18-15-25)27(33)12-7-22(3)28(29)34/h4-6,8-12,16,21-22,25H,7,13-15,17-20H2,1-3H3,(H2,29,34). The first-order valence-electron chi connectivity index (χ1n) is 12.6. The van der Waals surface area contributed by atoms with Gasteiger partial charge in [-0.05, 0) is 68.0 Å². The van der Waals surface area contributed by atoms with Crippen LogP contribution in [0, 0.1) is 18.3 Å². The van der Waals surface area contributed by atoms with Crippen LogP contribution in [0.1, 0.15) is 52.1 Å². The lowest BCUT2D eigenvalue weighted by Gasteiger charge is -2.40. The highest BCUT2D eigenvalue weighted by Crippen LogP contribution is 2.27. The maximum Gasteiger partial charge on any atom is 0.226 e. The predicted molar refractivity (Wildman–Crippen MR) is 139 cm³/mol. The van der Waals surface area contributed by atoms with Crippen molar-refractivity contribution in [3.05, 3.63) is 60.8 Å². The van der Waals surface area contributed by atoms with Gasteiger partial charge in [0, 0.05) is 43.5 Å². The van der Waals surface area contributed by atoms with Crippen molar-refractivity contribution in [2.75, 3.05) is 24.5 Å². The largest absolute Gasteiger partial charge is 0.487 e. The second kappa shape index (κ2) is 13.1. The molecule has 7 heteroatoms. The predicted octanol–water partition coefficient (Wildman–Crippen LogP) is 4.22. The number of hydrogen-bond donors (Lipinski definition) is 1. The highest BCUT2D eigenvalue weighted by molar-refractivity contribution is 5.86. The zero-order valence-electron chi connectivity index (χ0n) is 21.2. The minimum absolute atomic E-state index is 0.000289. The van der Waals surface area contributed by atoms with Gasteiger partial charge in [-0.2, -0.15) is 0 Å². The van der Waals surface area contributed by atoms with Crippen molar-refractivity contribution in [3.63, 3.8) is 0 Å². The van der Waals surface area contributed by atoms with Gasteiger partial charge in [0.15, 0.2) is 0 Å². The van der Waals surface area contributed by atoms with E-state index in [2.05, 4.69) is 35.9 Å². The Balaban J connectivity index is 1.57. The molecular weight excluding hydrogens is 440 g/mol. The zero-order chi connectivity index (χ0) is 25.2. The van der Waals surface area contributed by atoms with Crippen LogP contribution in [0.3, 0.4) is 0 Å². The quantitative estimate of drug-likeness (QED) is 0.492. The Labute approximate surface area is 209 Å². The molecule has 35 heavy (non-hydrogen) atoms. The van der Waals surface area contributed by atoms with Gasteiger partial charge in [-0.25, -0.2) is 0 Å². The number of piperidine rings is 1. The molecule has 0 spiro atoms. The maximum atomic E-state index is 12.6. The van der Waals surface area contributed by atoms with Crippen LogP contribution < -0.4 is 15.4 Å². The Morgan fingerprint density at radius 3 is 2.46 bits per heavy atom. The van der Waals surface area contributed by atoms with Gasteiger partial charge in [-0.3, -0.25) is 14.6 Å². The Hall–Kier alpha value is -3.09. The van der Waals surface area contributed by atoms with Gasteiger partial charge in [0.1, 0.15) is 12.4 Å². The lowest BCUT2D eigenvalue weighted by Crippen LogP contribution is -2.47. The third-order valence-corrected chi connectivity index (χ3v) is 6.58. The molecule has 0 aliphatic carbocycles. The van der Waals surface area contributed by atoms with Gasteiger partial charge in [0.25, 0.3) is 0 Å². The van der Waals surface area contributed by atoms with Crippen LogP contribution >= 0.6 is 0 Å². The van der Waals surface area contributed by atoms with Crippen molar-refractivity contribution in [3.8, 4) is 5.75 Å². The van der Waals surface area contributed by atoms with E-state index >= 15 is 0 Å². The molecule has 7 nitrogen and oxygen atoms in total. The lowest BCUT2D eigenvalue weighted by molar-refractivity contribution is -0.129. The molecule has 2 amide bonds. The molecule has 2 aromatic rings. The van der Waals surface area contributed by atoms with E-state index < -0.39 is 0 Å². The van der Waals surface area contributed by atoms with E-state index in [1.165, 1.54) is 5.69 Å². The number of nitrogens with zero attached hydrogens (tertiary/aromatic N) is 3. The Morgan fingerprint density at radius 1 is 1.14 bits per heavy atom. The third kappa shape index (κ3) is 8.26. The number of pyridine rings is 1. The summed E-state index contributed by atoms with van der Waals surface area (Å²) in [6.07, 6.45) is 6.71. The SMILES string of the molecule is CC(C)CCN(c1ccc(OCc2ccccn2)cc1)C1CCN(C(=O)[CH]CC(C)C(N)=O)CC1. The number of rotatable bonds is 12. The van der Waals surface area contributed by atoms with E-state index in [9.17, 15) is 9.59 Å². The molecule has 1 aliphatic rings. The number of carbonyl (C=O) groups is 2. The minimum Gasteiger partial charge on any atom is -0.487 e. The van der Waals surface area contributed by atoms with Crippen LogP contribution in [-0.2, 0) is 16.2 Å². The van der Waals surface area contributed by atoms with Crippen LogP contribution in [0.15, 0.2) is 48.7 Å². The Kier molecular flexibility index (Phi) is 9.94. The van der Waals surface area contributed by atoms with E-state index in [0.717, 1.165) is 37.3 Å². The molecule has 1 saturated heterocycles. The normalized spacial score (nSPS) is 15.1. The molecule has 1 aromatic carbocycles. The number of nitrogens with two attached hydrogens (primary N) is 1. The molecule has 1 unspecified atom stereocenters. The molecule has 0 bridgehead atoms. The van der Waals surface area contributed by atoms with Crippen LogP contribution in [0.4, 0.5) is 5.69 Å². The summed E-state index contributed by atoms with van der Waals surface area (Å²) in [4.78, 5) is 32.5. The van der Waals surface area contributed by atoms with Crippen molar-refractivity contribution >= 4 is 17.5 Å². The van der Waals surface area contributed by atoms with Gasteiger partial charge in [-0.1, -0.05) is 26.8 Å². The topological polar surface area (TPSA) is 88.8 Å². The van der Waals surface area contributed by atoms with Crippen LogP contribution in [0.2, 0.25) is 0 Å². The molecule has 2 heterocycles. The first kappa shape index (κ1) is 26.5. The van der Waals surface area contributed by atoms with Crippen molar-refractivity contribution in [1.82, 2.24) is 9.88 Å². The van der Waals surface area contributed by atoms with Crippen molar-refractivity contribution in [1.29, 1.82) is 0 Å².